The fourth-order valence-corrected chi connectivity index (χ4v) is 1.30. The molecule has 1 atom stereocenters. The van der Waals surface area contributed by atoms with Gasteiger partial charge in [0, 0.05) is 5.56 Å². The second kappa shape index (κ2) is 4.68. The fourth-order valence-electron chi connectivity index (χ4n) is 1.30. The van der Waals surface area contributed by atoms with Gasteiger partial charge in [-0.15, -0.1) is 0 Å². The summed E-state index contributed by atoms with van der Waals surface area (Å²) >= 11 is 0. The summed E-state index contributed by atoms with van der Waals surface area (Å²) in [5, 5.41) is 0. The smallest absolute Gasteiger partial charge is 0.455 e. The third-order valence-corrected chi connectivity index (χ3v) is 2.32. The highest BCUT2D eigenvalue weighted by Crippen LogP contribution is 2.44. The Hall–Kier alpha value is -1.44. The minimum absolute atomic E-state index is 0.457. The van der Waals surface area contributed by atoms with Gasteiger partial charge in [0.1, 0.15) is 6.04 Å². The first-order valence-corrected chi connectivity index (χ1v) is 4.65. The number of hydrogen-bond acceptors (Lipinski definition) is 2. The van der Waals surface area contributed by atoms with Crippen LogP contribution in [0, 0.1) is 5.82 Å². The lowest BCUT2D eigenvalue weighted by Crippen LogP contribution is -2.46. The lowest BCUT2D eigenvalue weighted by atomic mass is 10.00. The summed E-state index contributed by atoms with van der Waals surface area (Å²) in [6.07, 6.45) is -5.86. The summed E-state index contributed by atoms with van der Waals surface area (Å²) < 4.78 is 80.2. The largest absolute Gasteiger partial charge is 0.494 e. The van der Waals surface area contributed by atoms with Crippen molar-refractivity contribution in [3.8, 4) is 5.75 Å². The van der Waals surface area contributed by atoms with Crippen LogP contribution in [-0.2, 0) is 0 Å². The summed E-state index contributed by atoms with van der Waals surface area (Å²) in [5.41, 5.74) is 3.86. The van der Waals surface area contributed by atoms with E-state index in [2.05, 4.69) is 4.74 Å². The quantitative estimate of drug-likeness (QED) is 0.859. The van der Waals surface area contributed by atoms with Crippen molar-refractivity contribution in [3.05, 3.63) is 29.6 Å². The molecule has 8 heteroatoms. The Bertz CT molecular complexity index is 431. The van der Waals surface area contributed by atoms with E-state index < -0.39 is 35.3 Å². The van der Waals surface area contributed by atoms with E-state index in [1.54, 1.807) is 0 Å². The van der Waals surface area contributed by atoms with Gasteiger partial charge in [-0.1, -0.05) is 12.1 Å². The second-order valence-electron chi connectivity index (χ2n) is 3.46. The Balaban J connectivity index is 3.23. The van der Waals surface area contributed by atoms with Crippen LogP contribution in [0.2, 0.25) is 0 Å². The van der Waals surface area contributed by atoms with E-state index in [-0.39, 0.29) is 0 Å². The molecule has 1 rings (SSSR count). The maximum absolute atomic E-state index is 13.5. The Morgan fingerprint density at radius 2 is 1.72 bits per heavy atom. The number of hydrogen-bond donors (Lipinski definition) is 1. The van der Waals surface area contributed by atoms with Crippen molar-refractivity contribution in [3.63, 3.8) is 0 Å². The normalized spacial score (nSPS) is 14.4. The fraction of sp³-hybridized carbons (Fsp3) is 0.400. The van der Waals surface area contributed by atoms with Gasteiger partial charge < -0.3 is 10.5 Å². The minimum atomic E-state index is -5.86. The van der Waals surface area contributed by atoms with Crippen molar-refractivity contribution < 1.29 is 31.1 Å². The number of halogens is 6. The van der Waals surface area contributed by atoms with Crippen molar-refractivity contribution in [2.24, 2.45) is 5.73 Å². The summed E-state index contributed by atoms with van der Waals surface area (Å²) in [7, 11) is 1.05. The van der Waals surface area contributed by atoms with Gasteiger partial charge in [0.15, 0.2) is 11.6 Å². The number of nitrogens with two attached hydrogens (primary N) is 1. The zero-order valence-corrected chi connectivity index (χ0v) is 9.06. The molecular weight excluding hydrogens is 264 g/mol. The number of benzene rings is 1. The van der Waals surface area contributed by atoms with Crippen LogP contribution in [-0.4, -0.2) is 19.2 Å². The van der Waals surface area contributed by atoms with Gasteiger partial charge in [0.25, 0.3) is 0 Å². The first-order chi connectivity index (χ1) is 8.13. The molecule has 0 bridgehead atoms. The van der Waals surface area contributed by atoms with Crippen molar-refractivity contribution in [2.45, 2.75) is 18.1 Å². The van der Waals surface area contributed by atoms with Gasteiger partial charge in [-0.05, 0) is 6.07 Å². The number of rotatable bonds is 3. The van der Waals surface area contributed by atoms with E-state index in [4.69, 9.17) is 5.73 Å². The average molecular weight is 273 g/mol. The van der Waals surface area contributed by atoms with Gasteiger partial charge >= 0.3 is 12.1 Å². The highest BCUT2D eigenvalue weighted by Gasteiger charge is 2.62. The molecule has 1 aromatic rings. The lowest BCUT2D eigenvalue weighted by molar-refractivity contribution is -0.291. The average Bonchev–Trinajstić information content (AvgIpc) is 2.27. The van der Waals surface area contributed by atoms with E-state index in [1.165, 1.54) is 0 Å². The first kappa shape index (κ1) is 14.6. The number of alkyl halides is 5. The molecule has 0 saturated heterocycles. The highest BCUT2D eigenvalue weighted by atomic mass is 19.4. The van der Waals surface area contributed by atoms with Crippen molar-refractivity contribution in [2.75, 3.05) is 7.11 Å². The summed E-state index contributed by atoms with van der Waals surface area (Å²) in [6.45, 7) is 0. The Kier molecular flexibility index (Phi) is 3.80. The molecule has 0 heterocycles. The molecule has 0 unspecified atom stereocenters. The van der Waals surface area contributed by atoms with E-state index >= 15 is 0 Å². The Labute approximate surface area is 98.3 Å². The molecule has 0 amide bonds. The lowest BCUT2D eigenvalue weighted by Gasteiger charge is -2.26. The van der Waals surface area contributed by atoms with Gasteiger partial charge in [-0.3, -0.25) is 0 Å². The Morgan fingerprint density at radius 3 is 2.17 bits per heavy atom. The maximum Gasteiger partial charge on any atom is 0.455 e. The molecule has 18 heavy (non-hydrogen) atoms. The van der Waals surface area contributed by atoms with Crippen LogP contribution in [0.3, 0.4) is 0 Å². The molecule has 0 aliphatic heterocycles. The predicted octanol–water partition coefficient (Wildman–Crippen LogP) is 3.03. The van der Waals surface area contributed by atoms with Crippen LogP contribution < -0.4 is 10.5 Å². The van der Waals surface area contributed by atoms with Crippen LogP contribution in [0.4, 0.5) is 26.3 Å². The van der Waals surface area contributed by atoms with Gasteiger partial charge in [-0.2, -0.15) is 22.0 Å². The third-order valence-electron chi connectivity index (χ3n) is 2.32. The molecule has 0 aliphatic carbocycles. The van der Waals surface area contributed by atoms with Crippen LogP contribution in [0.5, 0.6) is 5.75 Å². The molecule has 0 fully saturated rings. The zero-order chi connectivity index (χ0) is 14.1. The van der Waals surface area contributed by atoms with Crippen LogP contribution in [0.25, 0.3) is 0 Å². The van der Waals surface area contributed by atoms with Crippen LogP contribution in [0.15, 0.2) is 18.2 Å². The third kappa shape index (κ3) is 2.38. The SMILES string of the molecule is COc1cccc([C@@H](N)C(F)(F)C(F)(F)F)c1F. The molecule has 0 saturated carbocycles. The molecule has 0 spiro atoms. The van der Waals surface area contributed by atoms with Crippen molar-refractivity contribution in [1.29, 1.82) is 0 Å². The number of ether oxygens (including phenoxy) is 1. The number of methoxy groups -OCH3 is 1. The van der Waals surface area contributed by atoms with E-state index in [0.29, 0.717) is 0 Å². The topological polar surface area (TPSA) is 35.2 Å². The monoisotopic (exact) mass is 273 g/mol. The van der Waals surface area contributed by atoms with Gasteiger partial charge in [-0.25, -0.2) is 4.39 Å². The predicted molar refractivity (Wildman–Crippen MR) is 50.9 cm³/mol. The zero-order valence-electron chi connectivity index (χ0n) is 9.06. The highest BCUT2D eigenvalue weighted by molar-refractivity contribution is 5.34. The van der Waals surface area contributed by atoms with E-state index in [1.807, 2.05) is 0 Å². The molecule has 0 aliphatic rings. The molecule has 0 aromatic heterocycles. The molecular formula is C10H9F6NO. The van der Waals surface area contributed by atoms with Crippen LogP contribution in [0.1, 0.15) is 11.6 Å². The summed E-state index contributed by atoms with van der Waals surface area (Å²) in [6, 6.07) is 0.0656. The molecule has 2 N–H and O–H groups in total. The maximum atomic E-state index is 13.5. The summed E-state index contributed by atoms with van der Waals surface area (Å²) in [5.74, 6) is -7.03. The Morgan fingerprint density at radius 1 is 1.17 bits per heavy atom. The van der Waals surface area contributed by atoms with Crippen molar-refractivity contribution in [1.82, 2.24) is 0 Å². The van der Waals surface area contributed by atoms with Crippen molar-refractivity contribution >= 4 is 0 Å². The first-order valence-electron chi connectivity index (χ1n) is 4.65. The van der Waals surface area contributed by atoms with Gasteiger partial charge in [0.05, 0.1) is 7.11 Å². The molecule has 1 aromatic carbocycles. The summed E-state index contributed by atoms with van der Waals surface area (Å²) in [4.78, 5) is 0. The molecule has 102 valence electrons. The van der Waals surface area contributed by atoms with E-state index in [9.17, 15) is 26.3 Å². The second-order valence-corrected chi connectivity index (χ2v) is 3.46. The minimum Gasteiger partial charge on any atom is -0.494 e. The molecule has 2 nitrogen and oxygen atoms in total. The van der Waals surface area contributed by atoms with Crippen LogP contribution >= 0.6 is 0 Å². The van der Waals surface area contributed by atoms with Gasteiger partial charge in [0.2, 0.25) is 0 Å². The van der Waals surface area contributed by atoms with E-state index in [0.717, 1.165) is 25.3 Å². The molecule has 0 radical (unpaired) electrons. The standard InChI is InChI=1S/C10H9F6NO/c1-18-6-4-2-3-5(7(6)11)8(17)9(12,13)10(14,15)16/h2-4,8H,17H2,1H3/t8-/m1/s1.